The van der Waals surface area contributed by atoms with Crippen molar-refractivity contribution in [2.75, 3.05) is 13.6 Å². The van der Waals surface area contributed by atoms with Gasteiger partial charge in [-0.25, -0.2) is 0 Å². The predicted octanol–water partition coefficient (Wildman–Crippen LogP) is 8.99. The number of Topliss-reactive ketones (excluding diaryl/α,β-unsaturated/α-hetero) is 1. The van der Waals surface area contributed by atoms with E-state index in [9.17, 15) is 4.79 Å². The number of ketones is 1. The maximum absolute atomic E-state index is 13.4. The first kappa shape index (κ1) is 43.8. The lowest BCUT2D eigenvalue weighted by atomic mass is 9.74. The maximum Gasteiger partial charge on any atom is 0.199 e. The highest BCUT2D eigenvalue weighted by molar-refractivity contribution is 5.98. The van der Waals surface area contributed by atoms with Crippen LogP contribution in [0.3, 0.4) is 0 Å². The van der Waals surface area contributed by atoms with Gasteiger partial charge in [0, 0.05) is 36.7 Å². The molecular weight excluding hydrogens is 653 g/mol. The third-order valence-corrected chi connectivity index (χ3v) is 11.9. The summed E-state index contributed by atoms with van der Waals surface area (Å²) in [6.07, 6.45) is 20.4. The number of rotatable bonds is 18. The molecule has 0 aromatic heterocycles. The number of allylic oxidation sites excluding steroid dienone is 7. The first-order valence-electron chi connectivity index (χ1n) is 20.4. The van der Waals surface area contributed by atoms with E-state index in [-0.39, 0.29) is 40.4 Å². The fraction of sp³-hybridized carbons (Fsp3) is 0.630. The second-order valence-corrected chi connectivity index (χ2v) is 17.9. The Morgan fingerprint density at radius 2 is 1.66 bits per heavy atom. The van der Waals surface area contributed by atoms with Crippen LogP contribution in [0.25, 0.3) is 0 Å². The molecule has 7 nitrogen and oxygen atoms in total. The molecule has 0 aromatic carbocycles. The number of carbonyl (C=O) groups is 1. The van der Waals surface area contributed by atoms with Crippen LogP contribution in [0, 0.1) is 34.5 Å². The summed E-state index contributed by atoms with van der Waals surface area (Å²) in [4.78, 5) is 15.9. The number of hydrogen-bond donors (Lipinski definition) is 5. The highest BCUT2D eigenvalue weighted by Gasteiger charge is 2.46. The van der Waals surface area contributed by atoms with Gasteiger partial charge >= 0.3 is 0 Å². The Balaban J connectivity index is 0.00000372. The number of nitrogens with one attached hydrogen (secondary N) is 4. The van der Waals surface area contributed by atoms with Gasteiger partial charge < -0.3 is 31.9 Å². The summed E-state index contributed by atoms with van der Waals surface area (Å²) in [5.74, 6) is 2.21. The molecule has 7 atom stereocenters. The summed E-state index contributed by atoms with van der Waals surface area (Å²) in [6.45, 7) is 40.7. The molecule has 4 rings (SSSR count). The molecule has 6 N–H and O–H groups in total. The number of nitrogens with zero attached hydrogens (tertiary/aromatic N) is 1. The van der Waals surface area contributed by atoms with Crippen LogP contribution >= 0.6 is 0 Å². The van der Waals surface area contributed by atoms with Crippen LogP contribution in [0.5, 0.6) is 0 Å². The quantitative estimate of drug-likeness (QED) is 0.0900. The van der Waals surface area contributed by atoms with E-state index in [4.69, 9.17) is 12.3 Å². The summed E-state index contributed by atoms with van der Waals surface area (Å²) < 4.78 is 0. The molecule has 1 saturated heterocycles. The minimum Gasteiger partial charge on any atom is -0.396 e. The van der Waals surface area contributed by atoms with Crippen LogP contribution in [0.4, 0.5) is 0 Å². The Labute approximate surface area is 324 Å². The Bertz CT molecular complexity index is 1420. The Kier molecular flexibility index (Phi) is 15.8. The summed E-state index contributed by atoms with van der Waals surface area (Å²) >= 11 is 0. The first-order valence-corrected chi connectivity index (χ1v) is 20.4. The molecule has 3 aliphatic carbocycles. The number of fused-ring (bicyclic) bond motifs is 1. The lowest BCUT2D eigenvalue weighted by molar-refractivity contribution is -0.118. The van der Waals surface area contributed by atoms with Crippen molar-refractivity contribution >= 4 is 5.78 Å². The highest BCUT2D eigenvalue weighted by Crippen LogP contribution is 2.44. The molecule has 296 valence electrons. The fourth-order valence-corrected chi connectivity index (χ4v) is 8.58. The lowest BCUT2D eigenvalue weighted by Crippen LogP contribution is -2.52. The molecule has 1 saturated carbocycles. The average molecular weight is 729 g/mol. The van der Waals surface area contributed by atoms with Gasteiger partial charge in [0.25, 0.3) is 0 Å². The molecule has 0 spiro atoms. The molecule has 2 fully saturated rings. The SMILES string of the molecule is C=C(CCC(NC(=C)NC(C(=C)N1CC[C@H](C(C)(C)C)C1C(=C)NC(CC1CCC1)C(=O)C(=C)N)C1CC2=CC(C=CC=C2)C1)C(C)(C)C)NC.CC. The van der Waals surface area contributed by atoms with Gasteiger partial charge in [-0.15, -0.1) is 0 Å². The Hall–Kier alpha value is -3.61. The third-order valence-electron chi connectivity index (χ3n) is 11.9. The molecule has 0 radical (unpaired) electrons. The minimum atomic E-state index is -0.421. The first-order chi connectivity index (χ1) is 24.9. The molecular formula is C46H76N6O. The van der Waals surface area contributed by atoms with Crippen LogP contribution in [-0.4, -0.2) is 48.4 Å². The molecule has 7 heteroatoms. The van der Waals surface area contributed by atoms with E-state index < -0.39 is 6.04 Å². The second-order valence-electron chi connectivity index (χ2n) is 17.9. The number of carbonyl (C=O) groups excluding carboxylic acids is 1. The van der Waals surface area contributed by atoms with Crippen LogP contribution in [0.1, 0.15) is 113 Å². The summed E-state index contributed by atoms with van der Waals surface area (Å²) in [5.41, 5.74) is 10.5. The van der Waals surface area contributed by atoms with Gasteiger partial charge in [0.1, 0.15) is 0 Å². The van der Waals surface area contributed by atoms with Crippen LogP contribution < -0.4 is 27.0 Å². The molecule has 1 heterocycles. The normalized spacial score (nSPS) is 24.2. The standard InChI is InChI=1S/C44H70N6O.C2H6/c1-28(46-12)20-21-39(44(9,10)11)48-32(5)49-40(36-25-34-16-13-14-17-35(24-34)26-36)31(4)50-23-22-37(43(6,7)8)41(50)30(3)47-38(42(51)29(2)45)27-33-18-15-19-33;1-2/h13-14,16-17,24,33-34,36-41,46-49H,1-5,15,18-23,25-27,45H2,6-12H3;1-2H3/t34?,36?,37-,38?,39?,40?,41?;/m0./s1. The molecule has 6 unspecified atom stereocenters. The van der Waals surface area contributed by atoms with Crippen molar-refractivity contribution < 1.29 is 4.79 Å². The van der Waals surface area contributed by atoms with Gasteiger partial charge in [0.05, 0.1) is 29.6 Å². The average Bonchev–Trinajstić information content (AvgIpc) is 3.47. The van der Waals surface area contributed by atoms with Crippen molar-refractivity contribution in [3.8, 4) is 0 Å². The zero-order valence-electron chi connectivity index (χ0n) is 35.0. The van der Waals surface area contributed by atoms with E-state index in [1.54, 1.807) is 0 Å². The van der Waals surface area contributed by atoms with Gasteiger partial charge in [-0.1, -0.05) is 144 Å². The minimum absolute atomic E-state index is 0.0109. The Morgan fingerprint density at radius 1 is 0.981 bits per heavy atom. The topological polar surface area (TPSA) is 94.5 Å². The van der Waals surface area contributed by atoms with Gasteiger partial charge in [-0.3, -0.25) is 4.79 Å². The second kappa shape index (κ2) is 19.1. The van der Waals surface area contributed by atoms with E-state index in [2.05, 4.69) is 124 Å². The molecule has 1 aliphatic heterocycles. The van der Waals surface area contributed by atoms with Crippen molar-refractivity contribution in [1.29, 1.82) is 0 Å². The van der Waals surface area contributed by atoms with E-state index in [1.165, 1.54) is 12.0 Å². The Morgan fingerprint density at radius 3 is 2.23 bits per heavy atom. The van der Waals surface area contributed by atoms with Crippen molar-refractivity contribution in [1.82, 2.24) is 26.2 Å². The van der Waals surface area contributed by atoms with E-state index >= 15 is 0 Å². The molecule has 4 aliphatic rings. The number of hydrogen-bond acceptors (Lipinski definition) is 7. The molecule has 2 bridgehead atoms. The van der Waals surface area contributed by atoms with Crippen LogP contribution in [-0.2, 0) is 4.79 Å². The van der Waals surface area contributed by atoms with Gasteiger partial charge in [-0.05, 0) is 73.0 Å². The number of likely N-dealkylation sites (tertiary alicyclic amines) is 1. The maximum atomic E-state index is 13.4. The zero-order chi connectivity index (χ0) is 39.7. The van der Waals surface area contributed by atoms with Crippen molar-refractivity contribution in [2.45, 2.75) is 137 Å². The van der Waals surface area contributed by atoms with Crippen molar-refractivity contribution in [3.05, 3.63) is 97.5 Å². The number of nitrogens with two attached hydrogens (primary N) is 1. The van der Waals surface area contributed by atoms with E-state index in [0.717, 1.165) is 80.8 Å². The molecule has 53 heavy (non-hydrogen) atoms. The monoisotopic (exact) mass is 729 g/mol. The van der Waals surface area contributed by atoms with Crippen LogP contribution in [0.2, 0.25) is 0 Å². The third kappa shape index (κ3) is 11.9. The largest absolute Gasteiger partial charge is 0.396 e. The van der Waals surface area contributed by atoms with Gasteiger partial charge in [0.15, 0.2) is 5.78 Å². The van der Waals surface area contributed by atoms with Gasteiger partial charge in [-0.2, -0.15) is 0 Å². The lowest BCUT2D eigenvalue weighted by Gasteiger charge is -2.44. The molecule has 0 aromatic rings. The van der Waals surface area contributed by atoms with Crippen molar-refractivity contribution in [2.24, 2.45) is 40.2 Å². The van der Waals surface area contributed by atoms with E-state index in [1.807, 2.05) is 20.9 Å². The highest BCUT2D eigenvalue weighted by atomic mass is 16.1. The summed E-state index contributed by atoms with van der Waals surface area (Å²) in [7, 11) is 1.93. The van der Waals surface area contributed by atoms with E-state index in [0.29, 0.717) is 23.7 Å². The summed E-state index contributed by atoms with van der Waals surface area (Å²) in [6, 6.07) is -0.329. The van der Waals surface area contributed by atoms with Gasteiger partial charge in [0.2, 0.25) is 0 Å². The predicted molar refractivity (Wildman–Crippen MR) is 227 cm³/mol. The van der Waals surface area contributed by atoms with Crippen LogP contribution in [0.15, 0.2) is 97.5 Å². The smallest absolute Gasteiger partial charge is 0.199 e. The fourth-order valence-electron chi connectivity index (χ4n) is 8.58. The molecule has 0 amide bonds. The zero-order valence-corrected chi connectivity index (χ0v) is 35.0. The van der Waals surface area contributed by atoms with Crippen molar-refractivity contribution in [3.63, 3.8) is 0 Å². The summed E-state index contributed by atoms with van der Waals surface area (Å²) in [5, 5.41) is 14.5.